The normalized spacial score (nSPS) is 16.9. The van der Waals surface area contributed by atoms with Gasteiger partial charge in [-0.2, -0.15) is 0 Å². The van der Waals surface area contributed by atoms with Crippen molar-refractivity contribution in [3.8, 4) is 0 Å². The van der Waals surface area contributed by atoms with Crippen molar-refractivity contribution in [2.75, 3.05) is 26.8 Å². The van der Waals surface area contributed by atoms with E-state index in [1.54, 1.807) is 28.5 Å². The lowest BCUT2D eigenvalue weighted by atomic mass is 10.0. The van der Waals surface area contributed by atoms with Crippen molar-refractivity contribution in [1.82, 2.24) is 19.0 Å². The summed E-state index contributed by atoms with van der Waals surface area (Å²) in [5.74, 6) is -2.02. The van der Waals surface area contributed by atoms with Gasteiger partial charge in [0.2, 0.25) is 0 Å². The molecule has 9 heteroatoms. The van der Waals surface area contributed by atoms with E-state index in [4.69, 9.17) is 4.74 Å². The molecule has 3 aromatic rings. The maximum absolute atomic E-state index is 14.1. The van der Waals surface area contributed by atoms with E-state index in [9.17, 15) is 18.4 Å². The lowest BCUT2D eigenvalue weighted by Gasteiger charge is -2.33. The minimum absolute atomic E-state index is 0.217. The molecule has 0 unspecified atom stereocenters. The minimum Gasteiger partial charge on any atom is -0.383 e. The molecule has 30 heavy (non-hydrogen) atoms. The van der Waals surface area contributed by atoms with Gasteiger partial charge in [-0.1, -0.05) is 0 Å². The van der Waals surface area contributed by atoms with E-state index < -0.39 is 17.5 Å². The van der Waals surface area contributed by atoms with E-state index in [0.29, 0.717) is 43.7 Å². The molecule has 1 atom stereocenters. The number of ether oxygens (including phenoxy) is 1. The summed E-state index contributed by atoms with van der Waals surface area (Å²) in [7, 11) is 1.57. The van der Waals surface area contributed by atoms with Gasteiger partial charge in [0.05, 0.1) is 30.3 Å². The zero-order valence-corrected chi connectivity index (χ0v) is 16.6. The molecule has 1 aliphatic heterocycles. The summed E-state index contributed by atoms with van der Waals surface area (Å²) in [6, 6.07) is 6.11. The molecule has 4 rings (SSSR count). The largest absolute Gasteiger partial charge is 0.383 e. The highest BCUT2D eigenvalue weighted by molar-refractivity contribution is 5.94. The van der Waals surface area contributed by atoms with Gasteiger partial charge in [-0.05, 0) is 43.2 Å². The molecule has 3 heterocycles. The predicted octanol–water partition coefficient (Wildman–Crippen LogP) is 2.60. The number of rotatable bonds is 5. The lowest BCUT2D eigenvalue weighted by Crippen LogP contribution is -2.43. The van der Waals surface area contributed by atoms with Crippen molar-refractivity contribution >= 4 is 17.1 Å². The van der Waals surface area contributed by atoms with E-state index >= 15 is 0 Å². The number of carbonyl (C=O) groups excluding carboxylic acids is 1. The molecule has 1 aliphatic rings. The molecular formula is C21H22F2N4O3. The number of carbonyl (C=O) groups is 1. The predicted molar refractivity (Wildman–Crippen MR) is 106 cm³/mol. The van der Waals surface area contributed by atoms with E-state index in [1.807, 2.05) is 6.07 Å². The molecule has 0 spiro atoms. The molecule has 1 amide bonds. The summed E-state index contributed by atoms with van der Waals surface area (Å²) in [4.78, 5) is 31.9. The number of hydrogen-bond donors (Lipinski definition) is 0. The van der Waals surface area contributed by atoms with E-state index in [-0.39, 0.29) is 23.8 Å². The fourth-order valence-electron chi connectivity index (χ4n) is 4.02. The van der Waals surface area contributed by atoms with Crippen molar-refractivity contribution in [3.63, 3.8) is 0 Å². The SMILES string of the molecule is COCCn1c(=O)n([C@H]2CCCN(C(=O)c3cc(F)ccc3F)C2)c2ncccc21. The molecule has 158 valence electrons. The number of aromatic nitrogens is 3. The molecular weight excluding hydrogens is 394 g/mol. The first kappa shape index (κ1) is 20.2. The monoisotopic (exact) mass is 416 g/mol. The van der Waals surface area contributed by atoms with Crippen LogP contribution in [0.3, 0.4) is 0 Å². The van der Waals surface area contributed by atoms with Crippen LogP contribution in [0.25, 0.3) is 11.2 Å². The van der Waals surface area contributed by atoms with Gasteiger partial charge < -0.3 is 9.64 Å². The Balaban J connectivity index is 1.68. The average molecular weight is 416 g/mol. The smallest absolute Gasteiger partial charge is 0.330 e. The molecule has 1 saturated heterocycles. The molecule has 1 fully saturated rings. The van der Waals surface area contributed by atoms with Gasteiger partial charge in [0.1, 0.15) is 11.6 Å². The first-order valence-corrected chi connectivity index (χ1v) is 9.80. The number of halogens is 2. The number of piperidine rings is 1. The third kappa shape index (κ3) is 3.60. The summed E-state index contributed by atoms with van der Waals surface area (Å²) in [6.07, 6.45) is 2.93. The molecule has 0 aliphatic carbocycles. The quantitative estimate of drug-likeness (QED) is 0.641. The molecule has 1 aromatic carbocycles. The number of amides is 1. The van der Waals surface area contributed by atoms with Crippen molar-refractivity contribution in [2.24, 2.45) is 0 Å². The topological polar surface area (TPSA) is 69.4 Å². The number of hydrogen-bond acceptors (Lipinski definition) is 4. The number of fused-ring (bicyclic) bond motifs is 1. The first-order valence-electron chi connectivity index (χ1n) is 9.80. The summed E-state index contributed by atoms with van der Waals surface area (Å²) in [5, 5.41) is 0. The second-order valence-electron chi connectivity index (χ2n) is 7.31. The number of likely N-dealkylation sites (tertiary alicyclic amines) is 1. The number of nitrogens with zero attached hydrogens (tertiary/aromatic N) is 4. The average Bonchev–Trinajstić information content (AvgIpc) is 3.04. The van der Waals surface area contributed by atoms with Crippen LogP contribution >= 0.6 is 0 Å². The maximum Gasteiger partial charge on any atom is 0.330 e. The van der Waals surface area contributed by atoms with Gasteiger partial charge in [0.25, 0.3) is 5.91 Å². The minimum atomic E-state index is -0.765. The van der Waals surface area contributed by atoms with Crippen LogP contribution in [-0.4, -0.2) is 51.7 Å². The maximum atomic E-state index is 14.1. The van der Waals surface area contributed by atoms with Gasteiger partial charge in [0.15, 0.2) is 5.65 Å². The Morgan fingerprint density at radius 3 is 2.93 bits per heavy atom. The van der Waals surface area contributed by atoms with Crippen LogP contribution in [0.4, 0.5) is 8.78 Å². The zero-order valence-electron chi connectivity index (χ0n) is 16.6. The summed E-state index contributed by atoms with van der Waals surface area (Å²) in [6.45, 7) is 1.39. The lowest BCUT2D eigenvalue weighted by molar-refractivity contribution is 0.0673. The van der Waals surface area contributed by atoms with Crippen LogP contribution in [0, 0.1) is 11.6 Å². The zero-order chi connectivity index (χ0) is 21.3. The van der Waals surface area contributed by atoms with Gasteiger partial charge in [0, 0.05) is 26.4 Å². The Bertz CT molecular complexity index is 1140. The van der Waals surface area contributed by atoms with Crippen LogP contribution in [0.1, 0.15) is 29.2 Å². The Morgan fingerprint density at radius 1 is 1.30 bits per heavy atom. The summed E-state index contributed by atoms with van der Waals surface area (Å²) < 4.78 is 36.0. The Kier molecular flexibility index (Phi) is 5.63. The van der Waals surface area contributed by atoms with Crippen LogP contribution in [0.15, 0.2) is 41.3 Å². The first-order chi connectivity index (χ1) is 14.5. The van der Waals surface area contributed by atoms with Crippen LogP contribution in [0.2, 0.25) is 0 Å². The fourth-order valence-corrected chi connectivity index (χ4v) is 4.02. The number of benzene rings is 1. The standard InChI is InChI=1S/C21H22F2N4O3/c1-30-11-10-26-18-5-2-8-24-19(18)27(21(26)29)15-4-3-9-25(13-15)20(28)16-12-14(22)6-7-17(16)23/h2,5-8,12,15H,3-4,9-11,13H2,1H3/t15-/m0/s1. The second-order valence-corrected chi connectivity index (χ2v) is 7.31. The molecule has 0 radical (unpaired) electrons. The van der Waals surface area contributed by atoms with Crippen molar-refractivity contribution in [1.29, 1.82) is 0 Å². The Labute approximate surface area is 171 Å². The molecule has 0 N–H and O–H groups in total. The second kappa shape index (κ2) is 8.35. The number of pyridine rings is 1. The molecule has 2 aromatic heterocycles. The van der Waals surface area contributed by atoms with Crippen molar-refractivity contribution in [3.05, 3.63) is 64.2 Å². The van der Waals surface area contributed by atoms with Gasteiger partial charge in [-0.15, -0.1) is 0 Å². The van der Waals surface area contributed by atoms with Crippen molar-refractivity contribution < 1.29 is 18.3 Å². The molecule has 0 saturated carbocycles. The van der Waals surface area contributed by atoms with Crippen LogP contribution < -0.4 is 5.69 Å². The Morgan fingerprint density at radius 2 is 2.13 bits per heavy atom. The Hall–Kier alpha value is -3.07. The third-order valence-electron chi connectivity index (χ3n) is 5.45. The number of methoxy groups -OCH3 is 1. The highest BCUT2D eigenvalue weighted by Gasteiger charge is 2.30. The molecule has 0 bridgehead atoms. The van der Waals surface area contributed by atoms with E-state index in [0.717, 1.165) is 18.2 Å². The summed E-state index contributed by atoms with van der Waals surface area (Å²) >= 11 is 0. The molecule has 7 nitrogen and oxygen atoms in total. The van der Waals surface area contributed by atoms with Gasteiger partial charge in [-0.3, -0.25) is 13.9 Å². The van der Waals surface area contributed by atoms with Crippen LogP contribution in [-0.2, 0) is 11.3 Å². The third-order valence-corrected chi connectivity index (χ3v) is 5.45. The fraction of sp³-hybridized carbons (Fsp3) is 0.381. The highest BCUT2D eigenvalue weighted by atomic mass is 19.1. The highest BCUT2D eigenvalue weighted by Crippen LogP contribution is 2.25. The van der Waals surface area contributed by atoms with Crippen LogP contribution in [0.5, 0.6) is 0 Å². The van der Waals surface area contributed by atoms with E-state index in [2.05, 4.69) is 4.98 Å². The van der Waals surface area contributed by atoms with Gasteiger partial charge in [-0.25, -0.2) is 18.6 Å². The number of imidazole rings is 1. The van der Waals surface area contributed by atoms with Crippen molar-refractivity contribution in [2.45, 2.75) is 25.4 Å². The van der Waals surface area contributed by atoms with Gasteiger partial charge >= 0.3 is 5.69 Å². The van der Waals surface area contributed by atoms with E-state index in [1.165, 1.54) is 4.90 Å². The summed E-state index contributed by atoms with van der Waals surface area (Å²) in [5.41, 5.74) is 0.703.